The maximum atomic E-state index is 15.4. The molecule has 1 N–H and O–H groups in total. The first kappa shape index (κ1) is 47.4. The largest absolute Gasteiger partial charge is 0.492 e. The van der Waals surface area contributed by atoms with E-state index in [0.29, 0.717) is 23.2 Å². The summed E-state index contributed by atoms with van der Waals surface area (Å²) in [5, 5.41) is 0.189. The molecule has 0 aliphatic heterocycles. The van der Waals surface area contributed by atoms with Gasteiger partial charge in [-0.25, -0.2) is 12.4 Å². The number of carbonyl (C=O) groups is 2. The lowest BCUT2D eigenvalue weighted by molar-refractivity contribution is -0.462. The van der Waals surface area contributed by atoms with E-state index in [9.17, 15) is 83.9 Å². The summed E-state index contributed by atoms with van der Waals surface area (Å²) in [7, 11) is -3.65. The number of H-pyrrole nitrogens is 1. The first-order valence-corrected chi connectivity index (χ1v) is 18.6. The number of ketones is 2. The molecule has 0 unspecified atom stereocenters. The summed E-state index contributed by atoms with van der Waals surface area (Å²) in [6.07, 6.45) is -5.97. The number of alkyl halides is 17. The van der Waals surface area contributed by atoms with E-state index in [4.69, 9.17) is 9.47 Å². The van der Waals surface area contributed by atoms with E-state index in [1.165, 1.54) is 12.3 Å². The lowest BCUT2D eigenvalue weighted by atomic mass is 9.86. The van der Waals surface area contributed by atoms with Gasteiger partial charge in [-0.2, -0.15) is 74.6 Å². The van der Waals surface area contributed by atoms with E-state index in [0.717, 1.165) is 32.4 Å². The summed E-state index contributed by atoms with van der Waals surface area (Å²) < 4.78 is 277. The highest BCUT2D eigenvalue weighted by Crippen LogP contribution is 2.65. The summed E-state index contributed by atoms with van der Waals surface area (Å²) in [4.78, 5) is 29.6. The number of hydrogen-bond acceptors (Lipinski definition) is 6. The van der Waals surface area contributed by atoms with Gasteiger partial charge >= 0.3 is 47.6 Å². The zero-order valence-corrected chi connectivity index (χ0v) is 32.1. The molecule has 3 aromatic carbocycles. The van der Waals surface area contributed by atoms with Crippen molar-refractivity contribution in [1.82, 2.24) is 8.96 Å². The summed E-state index contributed by atoms with van der Waals surface area (Å²) in [5.74, 6) is -62.0. The number of para-hydroxylation sites is 2. The van der Waals surface area contributed by atoms with Crippen LogP contribution < -0.4 is 0 Å². The number of ether oxygens (including phenoxy) is 2. The zero-order chi connectivity index (χ0) is 48.2. The molecule has 64 heavy (non-hydrogen) atoms. The van der Waals surface area contributed by atoms with Crippen LogP contribution in [-0.2, 0) is 35.0 Å². The topological polar surface area (TPSA) is 107 Å². The predicted molar refractivity (Wildman–Crippen MR) is 187 cm³/mol. The molecule has 2 aromatic heterocycles. The molecule has 0 bridgehead atoms. The molecule has 1 aliphatic rings. The van der Waals surface area contributed by atoms with Gasteiger partial charge in [-0.05, 0) is 24.3 Å². The number of aromatic amines is 1. The summed E-state index contributed by atoms with van der Waals surface area (Å²) >= 11 is 0. The Morgan fingerprint density at radius 1 is 0.547 bits per heavy atom. The molecule has 344 valence electrons. The Morgan fingerprint density at radius 3 is 1.55 bits per heavy atom. The number of nitrogens with zero attached hydrogens (tertiary/aromatic N) is 1. The van der Waals surface area contributed by atoms with Crippen LogP contribution in [0.25, 0.3) is 33.0 Å². The number of fused-ring (bicyclic) bond motifs is 2. The van der Waals surface area contributed by atoms with E-state index in [1.54, 1.807) is 24.3 Å². The number of allylic oxidation sites excluding steroid dienone is 2. The van der Waals surface area contributed by atoms with Crippen LogP contribution in [0.2, 0.25) is 0 Å². The van der Waals surface area contributed by atoms with Gasteiger partial charge in [0.25, 0.3) is 10.0 Å². The van der Waals surface area contributed by atoms with E-state index >= 15 is 8.78 Å². The Balaban J connectivity index is 1.45. The van der Waals surface area contributed by atoms with Crippen LogP contribution in [0.1, 0.15) is 16.7 Å². The van der Waals surface area contributed by atoms with Gasteiger partial charge in [0.05, 0.1) is 35.8 Å². The van der Waals surface area contributed by atoms with Crippen molar-refractivity contribution in [3.63, 3.8) is 0 Å². The van der Waals surface area contributed by atoms with Crippen molar-refractivity contribution in [3.8, 4) is 0 Å². The molecule has 5 aromatic rings. The van der Waals surface area contributed by atoms with Crippen molar-refractivity contribution in [1.29, 1.82) is 0 Å². The molecule has 0 saturated carbocycles. The highest BCUT2D eigenvalue weighted by Gasteiger charge is 2.95. The fourth-order valence-corrected chi connectivity index (χ4v) is 8.09. The average molecular weight is 957 g/mol. The normalized spacial score (nSPS) is 15.8. The maximum absolute atomic E-state index is 15.4. The number of benzene rings is 3. The van der Waals surface area contributed by atoms with Crippen molar-refractivity contribution in [3.05, 3.63) is 113 Å². The highest BCUT2D eigenvalue weighted by atomic mass is 32.2. The Bertz CT molecular complexity index is 2910. The molecule has 6 rings (SSSR count). The van der Waals surface area contributed by atoms with Crippen LogP contribution in [0.3, 0.4) is 0 Å². The van der Waals surface area contributed by atoms with Crippen molar-refractivity contribution < 1.29 is 102 Å². The third-order valence-corrected chi connectivity index (χ3v) is 11.7. The van der Waals surface area contributed by atoms with Crippen LogP contribution in [0.5, 0.6) is 0 Å². The number of Topliss-reactive ketones (excluding diaryl/α,β-unsaturated/α-hetero) is 2. The molecule has 0 saturated heterocycles. The Morgan fingerprint density at radius 2 is 1.02 bits per heavy atom. The lowest BCUT2D eigenvalue weighted by Gasteiger charge is -2.42. The number of rotatable bonds is 13. The van der Waals surface area contributed by atoms with Crippen molar-refractivity contribution in [2.75, 3.05) is 14.2 Å². The molecule has 1 aliphatic carbocycles. The van der Waals surface area contributed by atoms with E-state index in [-0.39, 0.29) is 32.6 Å². The second-order valence-corrected chi connectivity index (χ2v) is 15.4. The van der Waals surface area contributed by atoms with Gasteiger partial charge in [0.2, 0.25) is 11.6 Å². The first-order chi connectivity index (χ1) is 29.2. The van der Waals surface area contributed by atoms with E-state index in [2.05, 4.69) is 4.98 Å². The lowest BCUT2D eigenvalue weighted by Crippen LogP contribution is -2.74. The van der Waals surface area contributed by atoms with Gasteiger partial charge in [0.15, 0.2) is 11.5 Å². The first-order valence-electron chi connectivity index (χ1n) is 17.1. The van der Waals surface area contributed by atoms with E-state index < -0.39 is 114 Å². The smallest absolute Gasteiger partial charge is 0.460 e. The summed E-state index contributed by atoms with van der Waals surface area (Å²) in [6.45, 7) is 0. The number of aromatic nitrogens is 2. The zero-order valence-electron chi connectivity index (χ0n) is 31.3. The number of hydrogen-bond donors (Lipinski definition) is 1. The van der Waals surface area contributed by atoms with Crippen LogP contribution in [0.15, 0.2) is 102 Å². The van der Waals surface area contributed by atoms with Crippen LogP contribution in [0.4, 0.5) is 74.6 Å². The quantitative estimate of drug-likeness (QED) is 0.0931. The molecule has 2 heterocycles. The molecular formula is C38H21F17N2O6S. The third kappa shape index (κ3) is 6.28. The van der Waals surface area contributed by atoms with Gasteiger partial charge in [-0.1, -0.05) is 48.5 Å². The average Bonchev–Trinajstić information content (AvgIpc) is 3.83. The van der Waals surface area contributed by atoms with Crippen molar-refractivity contribution in [2.45, 2.75) is 52.5 Å². The molecule has 0 radical (unpaired) electrons. The SMILES string of the molecule is COC1=C(c2c[nH]c3ccccc23)C(=O)C(OC)=C(c2cn(S(=O)(=O)c3cccc(C(F)(F)C(F)(F)C(F)(F)C(F)(F)C(F)(F)C(F)(F)C(F)(F)C(F)(F)F)c3)c3ccccc23)C1=O. The predicted octanol–water partition coefficient (Wildman–Crippen LogP) is 10.4. The van der Waals surface area contributed by atoms with Crippen LogP contribution >= 0.6 is 0 Å². The summed E-state index contributed by atoms with van der Waals surface area (Å²) in [5.41, 5.74) is -4.06. The Hall–Kier alpha value is -6.08. The fourth-order valence-electron chi connectivity index (χ4n) is 6.68. The summed E-state index contributed by atoms with van der Waals surface area (Å²) in [6, 6.07) is 10.4. The van der Waals surface area contributed by atoms with Gasteiger partial charge in [-0.15, -0.1) is 0 Å². The van der Waals surface area contributed by atoms with E-state index in [1.807, 2.05) is 0 Å². The van der Waals surface area contributed by atoms with Gasteiger partial charge in [-0.3, -0.25) is 9.59 Å². The molecule has 26 heteroatoms. The number of halogens is 17. The molecule has 0 spiro atoms. The van der Waals surface area contributed by atoms with Gasteiger partial charge < -0.3 is 14.5 Å². The number of methoxy groups -OCH3 is 2. The highest BCUT2D eigenvalue weighted by molar-refractivity contribution is 7.90. The monoisotopic (exact) mass is 956 g/mol. The number of carbonyl (C=O) groups excluding carboxylic acids is 2. The molecular weight excluding hydrogens is 935 g/mol. The Labute approximate surface area is 345 Å². The van der Waals surface area contributed by atoms with Crippen molar-refractivity contribution >= 4 is 54.5 Å². The second kappa shape index (κ2) is 14.7. The fraction of sp³-hybridized carbons (Fsp3) is 0.263. The van der Waals surface area contributed by atoms with Crippen LogP contribution in [0, 0.1) is 0 Å². The minimum atomic E-state index is -8.86. The van der Waals surface area contributed by atoms with Crippen molar-refractivity contribution in [2.24, 2.45) is 0 Å². The molecule has 8 nitrogen and oxygen atoms in total. The minimum absolute atomic E-state index is 0.0819. The maximum Gasteiger partial charge on any atom is 0.460 e. The van der Waals surface area contributed by atoms with Gasteiger partial charge in [0, 0.05) is 45.4 Å². The number of nitrogens with one attached hydrogen (secondary N) is 1. The van der Waals surface area contributed by atoms with Gasteiger partial charge in [0.1, 0.15) is 0 Å². The van der Waals surface area contributed by atoms with Crippen LogP contribution in [-0.4, -0.2) is 84.9 Å². The standard InChI is InChI=1S/C38H21F17N2O6S/c1-62-29-25(21-15-56-23-12-5-3-10-19(21)23)27(58)30(63-2)26(28(29)59)22-16-57(24-13-6-4-11-20(22)24)64(60,61)18-9-7-8-17(14-18)31(39,40)32(41,42)33(43,44)34(45,46)35(47,48)36(49,50)37(51,52)38(53,54)55/h3-16,56H,1-2H3. The third-order valence-electron chi connectivity index (χ3n) is 10.0. The second-order valence-electron chi connectivity index (χ2n) is 13.6. The Kier molecular flexibility index (Phi) is 10.9. The molecule has 0 fully saturated rings. The molecule has 0 atom stereocenters. The minimum Gasteiger partial charge on any atom is -0.492 e. The molecule has 0 amide bonds.